The van der Waals surface area contributed by atoms with E-state index >= 15 is 0 Å². The highest BCUT2D eigenvalue weighted by Crippen LogP contribution is 2.35. The molecule has 0 aliphatic carbocycles. The highest BCUT2D eigenvalue weighted by Gasteiger charge is 2.27. The van der Waals surface area contributed by atoms with Crippen LogP contribution in [-0.2, 0) is 4.79 Å². The second-order valence-electron chi connectivity index (χ2n) is 10.8. The number of aromatic carboxylic acids is 1. The van der Waals surface area contributed by atoms with Crippen LogP contribution in [0.15, 0.2) is 48.0 Å². The standard InChI is InChI=1S/C28H34F2O4/c1-17(14-27(3,4)5)18(2)15-28(6,7)16-25(31)34-24-11-8-19(12-22(24)26(32)33)21-10-9-20(29)13-23(21)30/h8-14,18H,15-16H2,1-7H3,(H,32,33)/b17-14-. The fourth-order valence-electron chi connectivity index (χ4n) is 4.11. The topological polar surface area (TPSA) is 63.6 Å². The van der Waals surface area contributed by atoms with Gasteiger partial charge < -0.3 is 9.84 Å². The summed E-state index contributed by atoms with van der Waals surface area (Å²) in [5.41, 5.74) is 0.970. The van der Waals surface area contributed by atoms with Gasteiger partial charge in [0.05, 0.1) is 6.42 Å². The molecule has 4 nitrogen and oxygen atoms in total. The highest BCUT2D eigenvalue weighted by atomic mass is 19.1. The van der Waals surface area contributed by atoms with Gasteiger partial charge in [-0.05, 0) is 59.9 Å². The number of ether oxygens (including phenoxy) is 1. The van der Waals surface area contributed by atoms with E-state index in [4.69, 9.17) is 4.74 Å². The number of carboxylic acid groups (broad SMARTS) is 1. The third-order valence-electron chi connectivity index (χ3n) is 5.60. The summed E-state index contributed by atoms with van der Waals surface area (Å²) in [7, 11) is 0. The molecule has 0 spiro atoms. The minimum Gasteiger partial charge on any atom is -0.478 e. The fraction of sp³-hybridized carbons (Fsp3) is 0.429. The quantitative estimate of drug-likeness (QED) is 0.243. The second kappa shape index (κ2) is 10.5. The molecule has 1 unspecified atom stereocenters. The van der Waals surface area contributed by atoms with Crippen LogP contribution < -0.4 is 4.74 Å². The number of carbonyl (C=O) groups is 2. The third kappa shape index (κ3) is 7.79. The molecule has 0 aliphatic rings. The number of esters is 1. The molecule has 1 N–H and O–H groups in total. The second-order valence-corrected chi connectivity index (χ2v) is 10.8. The maximum Gasteiger partial charge on any atom is 0.339 e. The molecule has 0 fully saturated rings. The maximum atomic E-state index is 14.1. The fourth-order valence-corrected chi connectivity index (χ4v) is 4.11. The third-order valence-corrected chi connectivity index (χ3v) is 5.60. The van der Waals surface area contributed by atoms with Crippen molar-refractivity contribution in [1.29, 1.82) is 0 Å². The molecular formula is C28H34F2O4. The Kier molecular flexibility index (Phi) is 8.40. The molecule has 6 heteroatoms. The predicted octanol–water partition coefficient (Wildman–Crippen LogP) is 7.67. The lowest BCUT2D eigenvalue weighted by Crippen LogP contribution is -2.24. The van der Waals surface area contributed by atoms with E-state index in [1.54, 1.807) is 0 Å². The predicted molar refractivity (Wildman–Crippen MR) is 130 cm³/mol. The van der Waals surface area contributed by atoms with Crippen LogP contribution in [0.4, 0.5) is 8.78 Å². The Balaban J connectivity index is 2.18. The summed E-state index contributed by atoms with van der Waals surface area (Å²) in [5.74, 6) is -3.25. The monoisotopic (exact) mass is 472 g/mol. The molecule has 2 aromatic rings. The van der Waals surface area contributed by atoms with Gasteiger partial charge in [0.15, 0.2) is 0 Å². The summed E-state index contributed by atoms with van der Waals surface area (Å²) >= 11 is 0. The number of hydrogen-bond donors (Lipinski definition) is 1. The molecule has 0 saturated heterocycles. The largest absolute Gasteiger partial charge is 0.478 e. The summed E-state index contributed by atoms with van der Waals surface area (Å²) in [4.78, 5) is 24.5. The van der Waals surface area contributed by atoms with Crippen LogP contribution in [0.2, 0.25) is 0 Å². The summed E-state index contributed by atoms with van der Waals surface area (Å²) in [6, 6.07) is 7.04. The molecule has 1 atom stereocenters. The molecule has 0 aliphatic heterocycles. The van der Waals surface area contributed by atoms with Gasteiger partial charge in [0, 0.05) is 11.6 Å². The van der Waals surface area contributed by atoms with Gasteiger partial charge in [0.2, 0.25) is 0 Å². The maximum absolute atomic E-state index is 14.1. The van der Waals surface area contributed by atoms with E-state index in [1.165, 1.54) is 29.8 Å². The molecule has 0 heterocycles. The Morgan fingerprint density at radius 3 is 2.26 bits per heavy atom. The average molecular weight is 473 g/mol. The molecule has 0 saturated carbocycles. The molecule has 0 amide bonds. The van der Waals surface area contributed by atoms with Gasteiger partial charge in [-0.1, -0.05) is 59.3 Å². The molecule has 2 aromatic carbocycles. The van der Waals surface area contributed by atoms with Crippen molar-refractivity contribution < 1.29 is 28.2 Å². The van der Waals surface area contributed by atoms with E-state index in [0.717, 1.165) is 18.6 Å². The van der Waals surface area contributed by atoms with Crippen molar-refractivity contribution in [2.75, 3.05) is 0 Å². The molecular weight excluding hydrogens is 438 g/mol. The Morgan fingerprint density at radius 2 is 1.71 bits per heavy atom. The van der Waals surface area contributed by atoms with Gasteiger partial charge in [0.1, 0.15) is 22.9 Å². The van der Waals surface area contributed by atoms with E-state index in [2.05, 4.69) is 40.7 Å². The zero-order chi connectivity index (χ0) is 25.8. The van der Waals surface area contributed by atoms with Crippen molar-refractivity contribution in [2.24, 2.45) is 16.7 Å². The first kappa shape index (κ1) is 27.2. The minimum atomic E-state index is -1.32. The summed E-state index contributed by atoms with van der Waals surface area (Å²) in [6.45, 7) is 14.6. The number of hydrogen-bond acceptors (Lipinski definition) is 3. The van der Waals surface area contributed by atoms with Crippen molar-refractivity contribution in [2.45, 2.75) is 61.3 Å². The van der Waals surface area contributed by atoms with Gasteiger partial charge in [-0.25, -0.2) is 13.6 Å². The van der Waals surface area contributed by atoms with Crippen LogP contribution in [0.1, 0.15) is 71.7 Å². The zero-order valence-electron chi connectivity index (χ0n) is 21.0. The van der Waals surface area contributed by atoms with Gasteiger partial charge in [-0.15, -0.1) is 0 Å². The van der Waals surface area contributed by atoms with E-state index < -0.39 is 23.6 Å². The van der Waals surface area contributed by atoms with Gasteiger partial charge in [-0.3, -0.25) is 4.79 Å². The first-order chi connectivity index (χ1) is 15.6. The summed E-state index contributed by atoms with van der Waals surface area (Å²) < 4.78 is 32.8. The average Bonchev–Trinajstić information content (AvgIpc) is 2.66. The smallest absolute Gasteiger partial charge is 0.339 e. The number of allylic oxidation sites excluding steroid dienone is 2. The lowest BCUT2D eigenvalue weighted by Gasteiger charge is -2.28. The molecule has 184 valence electrons. The van der Waals surface area contributed by atoms with Crippen LogP contribution in [0.25, 0.3) is 11.1 Å². The summed E-state index contributed by atoms with van der Waals surface area (Å²) in [6.07, 6.45) is 3.10. The van der Waals surface area contributed by atoms with Crippen LogP contribution in [0.5, 0.6) is 5.75 Å². The van der Waals surface area contributed by atoms with Crippen molar-refractivity contribution in [3.8, 4) is 16.9 Å². The number of rotatable bonds is 8. The van der Waals surface area contributed by atoms with Gasteiger partial charge in [-0.2, -0.15) is 0 Å². The van der Waals surface area contributed by atoms with E-state index in [-0.39, 0.29) is 45.6 Å². The van der Waals surface area contributed by atoms with E-state index in [0.29, 0.717) is 0 Å². The van der Waals surface area contributed by atoms with Crippen LogP contribution in [-0.4, -0.2) is 17.0 Å². The Labute approximate surface area is 200 Å². The van der Waals surface area contributed by atoms with Crippen LogP contribution >= 0.6 is 0 Å². The minimum absolute atomic E-state index is 0.0515. The first-order valence-corrected chi connectivity index (χ1v) is 11.3. The van der Waals surface area contributed by atoms with Crippen molar-refractivity contribution in [3.05, 3.63) is 65.2 Å². The van der Waals surface area contributed by atoms with Crippen molar-refractivity contribution in [1.82, 2.24) is 0 Å². The number of benzene rings is 2. The van der Waals surface area contributed by atoms with Crippen LogP contribution in [0, 0.1) is 28.4 Å². The molecule has 0 aromatic heterocycles. The van der Waals surface area contributed by atoms with Crippen molar-refractivity contribution in [3.63, 3.8) is 0 Å². The zero-order valence-corrected chi connectivity index (χ0v) is 21.0. The number of carbonyl (C=O) groups excluding carboxylic acids is 1. The normalized spacial score (nSPS) is 13.5. The lowest BCUT2D eigenvalue weighted by atomic mass is 9.77. The van der Waals surface area contributed by atoms with Gasteiger partial charge in [0.25, 0.3) is 0 Å². The van der Waals surface area contributed by atoms with Crippen molar-refractivity contribution >= 4 is 11.9 Å². The molecule has 0 radical (unpaired) electrons. The molecule has 2 rings (SSSR count). The number of carboxylic acids is 1. The van der Waals surface area contributed by atoms with E-state index in [9.17, 15) is 23.5 Å². The Hall–Kier alpha value is -3.02. The SMILES string of the molecule is C/C(=C/C(C)(C)C)C(C)CC(C)(C)CC(=O)Oc1ccc(-c2ccc(F)cc2F)cc1C(=O)O. The number of halogens is 2. The summed E-state index contributed by atoms with van der Waals surface area (Å²) in [5, 5.41) is 9.62. The highest BCUT2D eigenvalue weighted by molar-refractivity contribution is 5.93. The van der Waals surface area contributed by atoms with Crippen LogP contribution in [0.3, 0.4) is 0 Å². The lowest BCUT2D eigenvalue weighted by molar-refractivity contribution is -0.136. The van der Waals surface area contributed by atoms with Gasteiger partial charge >= 0.3 is 11.9 Å². The van der Waals surface area contributed by atoms with E-state index in [1.807, 2.05) is 13.8 Å². The Morgan fingerprint density at radius 1 is 1.06 bits per heavy atom. The molecule has 0 bridgehead atoms. The Bertz CT molecular complexity index is 1090. The molecule has 34 heavy (non-hydrogen) atoms. The first-order valence-electron chi connectivity index (χ1n) is 11.3.